The molecule has 1 N–H and O–H groups in total. The molecule has 0 atom stereocenters. The number of thiocarbonyl (C=S) groups is 1. The van der Waals surface area contributed by atoms with Gasteiger partial charge < -0.3 is 5.32 Å². The van der Waals surface area contributed by atoms with Crippen LogP contribution >= 0.6 is 24.0 Å². The normalized spacial score (nSPS) is 10.0. The molecule has 2 rings (SSSR count). The molecule has 112 valence electrons. The van der Waals surface area contributed by atoms with E-state index in [4.69, 9.17) is 12.2 Å². The summed E-state index contributed by atoms with van der Waals surface area (Å²) in [6.07, 6.45) is 1.62. The highest BCUT2D eigenvalue weighted by Crippen LogP contribution is 2.20. The summed E-state index contributed by atoms with van der Waals surface area (Å²) in [5, 5.41) is 13.8. The Kier molecular flexibility index (Phi) is 5.56. The number of hydrogen-bond donors (Lipinski definition) is 1. The van der Waals surface area contributed by atoms with Gasteiger partial charge in [-0.15, -0.1) is 0 Å². The van der Waals surface area contributed by atoms with Crippen LogP contribution in [0.4, 0.5) is 11.5 Å². The van der Waals surface area contributed by atoms with Crippen LogP contribution in [0.1, 0.15) is 10.4 Å². The first kappa shape index (κ1) is 16.1. The van der Waals surface area contributed by atoms with Crippen LogP contribution in [0.3, 0.4) is 0 Å². The summed E-state index contributed by atoms with van der Waals surface area (Å²) in [5.41, 5.74) is -0.114. The van der Waals surface area contributed by atoms with Crippen LogP contribution < -0.4 is 5.32 Å². The molecular weight excluding hydrogens is 322 g/mol. The molecule has 0 aliphatic heterocycles. The van der Waals surface area contributed by atoms with Gasteiger partial charge in [0.2, 0.25) is 0 Å². The lowest BCUT2D eigenvalue weighted by Gasteiger charge is -2.06. The first-order chi connectivity index (χ1) is 10.6. The third-order valence-corrected chi connectivity index (χ3v) is 3.86. The van der Waals surface area contributed by atoms with E-state index in [9.17, 15) is 14.9 Å². The van der Waals surface area contributed by atoms with Crippen molar-refractivity contribution in [3.8, 4) is 0 Å². The molecule has 22 heavy (non-hydrogen) atoms. The van der Waals surface area contributed by atoms with E-state index in [0.717, 1.165) is 11.8 Å². The number of nitro groups is 1. The highest BCUT2D eigenvalue weighted by molar-refractivity contribution is 8.23. The predicted molar refractivity (Wildman–Crippen MR) is 90.3 cm³/mol. The molecule has 6 nitrogen and oxygen atoms in total. The van der Waals surface area contributed by atoms with Crippen LogP contribution in [0, 0.1) is 10.1 Å². The number of thioether (sulfide) groups is 1. The summed E-state index contributed by atoms with van der Waals surface area (Å²) in [6, 6.07) is 11.2. The Morgan fingerprint density at radius 2 is 2.00 bits per heavy atom. The summed E-state index contributed by atoms with van der Waals surface area (Å²) < 4.78 is 0.380. The predicted octanol–water partition coefficient (Wildman–Crippen LogP) is 3.30. The van der Waals surface area contributed by atoms with Crippen molar-refractivity contribution in [2.75, 3.05) is 11.1 Å². The molecule has 1 aromatic carbocycles. The van der Waals surface area contributed by atoms with Crippen molar-refractivity contribution in [1.82, 2.24) is 4.98 Å². The Hall–Kier alpha value is -2.32. The minimum absolute atomic E-state index is 0.0174. The zero-order chi connectivity index (χ0) is 15.9. The minimum Gasteiger partial charge on any atom is -0.326 e. The number of carbonyl (C=O) groups is 1. The van der Waals surface area contributed by atoms with Gasteiger partial charge in [0.05, 0.1) is 16.2 Å². The lowest BCUT2D eigenvalue weighted by Crippen LogP contribution is -2.11. The van der Waals surface area contributed by atoms with Crippen LogP contribution in [0.15, 0.2) is 48.7 Å². The molecular formula is C14H11N3O3S2. The molecule has 8 heteroatoms. The molecule has 2 aromatic rings. The fourth-order valence-electron chi connectivity index (χ4n) is 1.65. The summed E-state index contributed by atoms with van der Waals surface area (Å²) in [6.45, 7) is 0. The Bertz CT molecular complexity index is 707. The minimum atomic E-state index is -0.567. The number of carbonyl (C=O) groups excluding carboxylic acids is 1. The number of Topliss-reactive ketones (excluding diaryl/α,β-unsaturated/α-hetero) is 1. The second kappa shape index (κ2) is 7.62. The molecule has 1 aromatic heterocycles. The quantitative estimate of drug-likeness (QED) is 0.389. The Balaban J connectivity index is 1.96. The maximum atomic E-state index is 12.1. The highest BCUT2D eigenvalue weighted by atomic mass is 32.2. The van der Waals surface area contributed by atoms with Crippen LogP contribution in [0.2, 0.25) is 0 Å². The smallest absolute Gasteiger partial charge is 0.280 e. The topological polar surface area (TPSA) is 85.1 Å². The molecule has 1 heterocycles. The van der Waals surface area contributed by atoms with Crippen molar-refractivity contribution in [3.05, 3.63) is 64.3 Å². The van der Waals surface area contributed by atoms with E-state index in [0.29, 0.717) is 10.1 Å². The monoisotopic (exact) mass is 333 g/mol. The van der Waals surface area contributed by atoms with Crippen LogP contribution in [-0.2, 0) is 0 Å². The van der Waals surface area contributed by atoms with Gasteiger partial charge in [0.15, 0.2) is 5.78 Å². The van der Waals surface area contributed by atoms with Gasteiger partial charge in [0.1, 0.15) is 10.1 Å². The van der Waals surface area contributed by atoms with Crippen molar-refractivity contribution < 1.29 is 9.72 Å². The van der Waals surface area contributed by atoms with E-state index in [2.05, 4.69) is 10.3 Å². The fourth-order valence-corrected chi connectivity index (χ4v) is 2.53. The molecule has 0 saturated heterocycles. The number of nitrogens with one attached hydrogen (secondary N) is 1. The van der Waals surface area contributed by atoms with Gasteiger partial charge in [-0.1, -0.05) is 42.2 Å². The first-order valence-corrected chi connectivity index (χ1v) is 7.59. The van der Waals surface area contributed by atoms with E-state index in [1.54, 1.807) is 30.5 Å². The molecule has 0 amide bonds. The molecule has 0 aliphatic carbocycles. The second-order valence-electron chi connectivity index (χ2n) is 4.11. The third kappa shape index (κ3) is 4.34. The average molecular weight is 333 g/mol. The number of nitro benzene ring substituents is 1. The largest absolute Gasteiger partial charge is 0.326 e. The zero-order valence-electron chi connectivity index (χ0n) is 11.3. The summed E-state index contributed by atoms with van der Waals surface area (Å²) in [5.74, 6) is 0.254. The second-order valence-corrected chi connectivity index (χ2v) is 5.77. The van der Waals surface area contributed by atoms with E-state index in [-0.39, 0.29) is 22.8 Å². The van der Waals surface area contributed by atoms with Crippen LogP contribution in [-0.4, -0.2) is 25.8 Å². The molecule has 0 spiro atoms. The standard InChI is InChI=1S/C14H11N3O3S2/c18-12(10-5-1-2-6-11(10)17(19)20)9-22-14(21)16-13-7-3-4-8-15-13/h1-8H,9H2,(H,15,16,21). The lowest BCUT2D eigenvalue weighted by atomic mass is 10.1. The van der Waals surface area contributed by atoms with Crippen molar-refractivity contribution in [3.63, 3.8) is 0 Å². The Morgan fingerprint density at radius 3 is 2.68 bits per heavy atom. The average Bonchev–Trinajstić information content (AvgIpc) is 2.53. The van der Waals surface area contributed by atoms with Crippen LogP contribution in [0.5, 0.6) is 0 Å². The summed E-state index contributed by atoms with van der Waals surface area (Å²) >= 11 is 6.22. The molecule has 0 saturated carbocycles. The maximum absolute atomic E-state index is 12.1. The SMILES string of the molecule is O=C(CSC(=S)Nc1ccccn1)c1ccccc1[N+](=O)[O-]. The Morgan fingerprint density at radius 1 is 1.27 bits per heavy atom. The van der Waals surface area contributed by atoms with Crippen molar-refractivity contribution in [1.29, 1.82) is 0 Å². The number of para-hydroxylation sites is 1. The maximum Gasteiger partial charge on any atom is 0.280 e. The van der Waals surface area contributed by atoms with Gasteiger partial charge in [-0.2, -0.15) is 0 Å². The third-order valence-electron chi connectivity index (χ3n) is 2.63. The van der Waals surface area contributed by atoms with Gasteiger partial charge in [0, 0.05) is 12.3 Å². The van der Waals surface area contributed by atoms with Gasteiger partial charge in [-0.05, 0) is 18.2 Å². The van der Waals surface area contributed by atoms with Crippen molar-refractivity contribution in [2.24, 2.45) is 0 Å². The summed E-state index contributed by atoms with van der Waals surface area (Å²) in [7, 11) is 0. The lowest BCUT2D eigenvalue weighted by molar-refractivity contribution is -0.385. The Labute approximate surface area is 136 Å². The van der Waals surface area contributed by atoms with Crippen molar-refractivity contribution in [2.45, 2.75) is 0 Å². The number of aromatic nitrogens is 1. The molecule has 0 aliphatic rings. The van der Waals surface area contributed by atoms with Gasteiger partial charge in [-0.3, -0.25) is 14.9 Å². The number of anilines is 1. The van der Waals surface area contributed by atoms with Gasteiger partial charge >= 0.3 is 0 Å². The van der Waals surface area contributed by atoms with Gasteiger partial charge in [0.25, 0.3) is 5.69 Å². The fraction of sp³-hybridized carbons (Fsp3) is 0.0714. The number of nitrogens with zero attached hydrogens (tertiary/aromatic N) is 2. The number of rotatable bonds is 5. The zero-order valence-corrected chi connectivity index (χ0v) is 12.9. The summed E-state index contributed by atoms with van der Waals surface area (Å²) in [4.78, 5) is 26.5. The first-order valence-electron chi connectivity index (χ1n) is 6.19. The molecule has 0 bridgehead atoms. The van der Waals surface area contributed by atoms with E-state index in [1.807, 2.05) is 0 Å². The number of pyridine rings is 1. The molecule has 0 unspecified atom stereocenters. The van der Waals surface area contributed by atoms with Gasteiger partial charge in [-0.25, -0.2) is 4.98 Å². The molecule has 0 radical (unpaired) electrons. The molecule has 0 fully saturated rings. The van der Waals surface area contributed by atoms with Crippen molar-refractivity contribution >= 4 is 45.6 Å². The van der Waals surface area contributed by atoms with E-state index in [1.165, 1.54) is 18.2 Å². The van der Waals surface area contributed by atoms with E-state index >= 15 is 0 Å². The van der Waals surface area contributed by atoms with Crippen LogP contribution in [0.25, 0.3) is 0 Å². The highest BCUT2D eigenvalue weighted by Gasteiger charge is 2.19. The number of benzene rings is 1. The van der Waals surface area contributed by atoms with E-state index < -0.39 is 4.92 Å². The number of ketones is 1. The number of hydrogen-bond acceptors (Lipinski definition) is 6.